The normalized spacial score (nSPS) is 11.7. The van der Waals surface area contributed by atoms with Crippen LogP contribution in [-0.4, -0.2) is 48.7 Å². The molecule has 0 amide bonds. The van der Waals surface area contributed by atoms with Gasteiger partial charge in [-0.05, 0) is 49.6 Å². The fourth-order valence-corrected chi connectivity index (χ4v) is 5.87. The smallest absolute Gasteiger partial charge is 0.338 e. The van der Waals surface area contributed by atoms with E-state index in [0.717, 1.165) is 11.4 Å². The average molecular weight is 489 g/mol. The number of hydrogen-bond acceptors (Lipinski definition) is 6. The predicted molar refractivity (Wildman–Crippen MR) is 128 cm³/mol. The molecule has 0 aliphatic carbocycles. The van der Waals surface area contributed by atoms with Crippen molar-refractivity contribution in [2.24, 2.45) is 0 Å². The van der Waals surface area contributed by atoms with Crippen LogP contribution in [0.1, 0.15) is 50.8 Å². The molecule has 176 valence electrons. The number of esters is 1. The summed E-state index contributed by atoms with van der Waals surface area (Å²) in [5.41, 5.74) is 2.35. The minimum absolute atomic E-state index is 0.0177. The maximum absolute atomic E-state index is 12.8. The molecule has 0 atom stereocenters. The molecule has 0 fully saturated rings. The summed E-state index contributed by atoms with van der Waals surface area (Å²) in [6, 6.07) is 11.5. The van der Waals surface area contributed by atoms with Crippen molar-refractivity contribution in [1.82, 2.24) is 8.87 Å². The summed E-state index contributed by atoms with van der Waals surface area (Å²) < 4.78 is 34.0. The maximum atomic E-state index is 12.8. The highest BCUT2D eigenvalue weighted by Gasteiger charge is 2.23. The lowest BCUT2D eigenvalue weighted by atomic mass is 10.1. The van der Waals surface area contributed by atoms with Crippen molar-refractivity contribution < 1.29 is 22.7 Å². The van der Waals surface area contributed by atoms with Gasteiger partial charge in [0.1, 0.15) is 0 Å². The molecule has 2 aromatic heterocycles. The number of aryl methyl sites for hydroxylation is 1. The van der Waals surface area contributed by atoms with E-state index in [1.54, 1.807) is 31.3 Å². The van der Waals surface area contributed by atoms with Gasteiger partial charge in [0.15, 0.2) is 6.61 Å². The molecule has 3 aromatic rings. The zero-order valence-corrected chi connectivity index (χ0v) is 20.8. The Bertz CT molecular complexity index is 1240. The molecule has 0 radical (unpaired) electrons. The Kier molecular flexibility index (Phi) is 7.88. The first-order chi connectivity index (χ1) is 15.7. The van der Waals surface area contributed by atoms with Gasteiger partial charge in [-0.25, -0.2) is 13.2 Å². The molecule has 0 N–H and O–H groups in total. The SMILES string of the molecule is CCN(CC)S(=O)(=O)c1cccc(C(=O)OCC(=O)c2cc(C)n(Cc3cccs3)c2C)c1. The van der Waals surface area contributed by atoms with E-state index in [9.17, 15) is 18.0 Å². The van der Waals surface area contributed by atoms with E-state index in [2.05, 4.69) is 4.57 Å². The van der Waals surface area contributed by atoms with Crippen LogP contribution >= 0.6 is 11.3 Å². The van der Waals surface area contributed by atoms with E-state index in [-0.39, 0.29) is 16.2 Å². The number of ketones is 1. The summed E-state index contributed by atoms with van der Waals surface area (Å²) in [4.78, 5) is 26.5. The molecule has 1 aromatic carbocycles. The first kappa shape index (κ1) is 24.9. The molecule has 9 heteroatoms. The van der Waals surface area contributed by atoms with Crippen LogP contribution in [0.4, 0.5) is 0 Å². The number of hydrogen-bond donors (Lipinski definition) is 0. The van der Waals surface area contributed by atoms with Gasteiger partial charge in [0.05, 0.1) is 17.0 Å². The Morgan fingerprint density at radius 3 is 2.42 bits per heavy atom. The van der Waals surface area contributed by atoms with E-state index >= 15 is 0 Å². The Hall–Kier alpha value is -2.75. The van der Waals surface area contributed by atoms with Crippen LogP contribution < -0.4 is 0 Å². The maximum Gasteiger partial charge on any atom is 0.338 e. The average Bonchev–Trinajstić information content (AvgIpc) is 3.42. The fourth-order valence-electron chi connectivity index (χ4n) is 3.67. The highest BCUT2D eigenvalue weighted by Crippen LogP contribution is 2.21. The van der Waals surface area contributed by atoms with Crippen molar-refractivity contribution in [2.45, 2.75) is 39.1 Å². The molecule has 0 bridgehead atoms. The first-order valence-electron chi connectivity index (χ1n) is 10.7. The third kappa shape index (κ3) is 5.43. The molecule has 0 aliphatic heterocycles. The second-order valence-electron chi connectivity index (χ2n) is 7.57. The third-order valence-electron chi connectivity index (χ3n) is 5.52. The largest absolute Gasteiger partial charge is 0.454 e. The van der Waals surface area contributed by atoms with E-state index < -0.39 is 22.6 Å². The summed E-state index contributed by atoms with van der Waals surface area (Å²) in [5.74, 6) is -1.05. The van der Waals surface area contributed by atoms with Crippen molar-refractivity contribution in [2.75, 3.05) is 19.7 Å². The van der Waals surface area contributed by atoms with Gasteiger partial charge in [0, 0.05) is 34.9 Å². The van der Waals surface area contributed by atoms with Crippen LogP contribution in [0.15, 0.2) is 52.7 Å². The second kappa shape index (κ2) is 10.5. The van der Waals surface area contributed by atoms with E-state index in [1.165, 1.54) is 33.4 Å². The summed E-state index contributed by atoms with van der Waals surface area (Å²) in [7, 11) is -3.70. The van der Waals surface area contributed by atoms with Crippen LogP contribution in [0.3, 0.4) is 0 Å². The van der Waals surface area contributed by atoms with Gasteiger partial charge in [0.25, 0.3) is 0 Å². The van der Waals surface area contributed by atoms with Gasteiger partial charge in [0.2, 0.25) is 15.8 Å². The highest BCUT2D eigenvalue weighted by atomic mass is 32.2. The van der Waals surface area contributed by atoms with Gasteiger partial charge in [-0.2, -0.15) is 4.31 Å². The number of sulfonamides is 1. The standard InChI is InChI=1S/C24H28N2O5S2/c1-5-25(6-2)33(29,30)21-11-7-9-19(14-21)24(28)31-16-23(27)22-13-17(3)26(18(22)4)15-20-10-8-12-32-20/h7-14H,5-6,15-16H2,1-4H3. The molecule has 0 saturated carbocycles. The van der Waals surface area contributed by atoms with Crippen molar-refractivity contribution in [1.29, 1.82) is 0 Å². The van der Waals surface area contributed by atoms with Gasteiger partial charge in [-0.3, -0.25) is 4.79 Å². The van der Waals surface area contributed by atoms with Crippen LogP contribution in [-0.2, 0) is 21.3 Å². The zero-order valence-electron chi connectivity index (χ0n) is 19.2. The Balaban J connectivity index is 1.71. The third-order valence-corrected chi connectivity index (χ3v) is 8.42. The number of rotatable bonds is 10. The molecule has 2 heterocycles. The minimum Gasteiger partial charge on any atom is -0.454 e. The lowest BCUT2D eigenvalue weighted by Crippen LogP contribution is -2.30. The number of benzene rings is 1. The molecule has 0 unspecified atom stereocenters. The summed E-state index contributed by atoms with van der Waals surface area (Å²) in [6.07, 6.45) is 0. The van der Waals surface area contributed by atoms with Crippen LogP contribution in [0.5, 0.6) is 0 Å². The number of ether oxygens (including phenoxy) is 1. The van der Waals surface area contributed by atoms with Crippen molar-refractivity contribution >= 4 is 33.1 Å². The number of carbonyl (C=O) groups is 2. The molecule has 0 spiro atoms. The second-order valence-corrected chi connectivity index (χ2v) is 10.5. The summed E-state index contributed by atoms with van der Waals surface area (Å²) in [6.45, 7) is 8.22. The quantitative estimate of drug-likeness (QED) is 0.314. The zero-order chi connectivity index (χ0) is 24.2. The molecule has 33 heavy (non-hydrogen) atoms. The van der Waals surface area contributed by atoms with E-state index in [4.69, 9.17) is 4.74 Å². The molecular weight excluding hydrogens is 460 g/mol. The molecule has 0 saturated heterocycles. The van der Waals surface area contributed by atoms with Crippen molar-refractivity contribution in [3.63, 3.8) is 0 Å². The monoisotopic (exact) mass is 488 g/mol. The van der Waals surface area contributed by atoms with Crippen LogP contribution in [0.2, 0.25) is 0 Å². The first-order valence-corrected chi connectivity index (χ1v) is 13.0. The molecule has 0 aliphatic rings. The van der Waals surface area contributed by atoms with Gasteiger partial charge in [-0.15, -0.1) is 11.3 Å². The predicted octanol–water partition coefficient (Wildman–Crippen LogP) is 4.28. The molecule has 7 nitrogen and oxygen atoms in total. The number of carbonyl (C=O) groups excluding carboxylic acids is 2. The number of aromatic nitrogens is 1. The van der Waals surface area contributed by atoms with E-state index in [1.807, 2.05) is 31.4 Å². The fraction of sp³-hybridized carbons (Fsp3) is 0.333. The van der Waals surface area contributed by atoms with E-state index in [0.29, 0.717) is 25.2 Å². The number of Topliss-reactive ketones (excluding diaryl/α,β-unsaturated/α-hetero) is 1. The summed E-state index contributed by atoms with van der Waals surface area (Å²) in [5, 5.41) is 2.01. The topological polar surface area (TPSA) is 85.7 Å². The van der Waals surface area contributed by atoms with Gasteiger partial charge >= 0.3 is 5.97 Å². The summed E-state index contributed by atoms with van der Waals surface area (Å²) >= 11 is 1.65. The minimum atomic E-state index is -3.70. The van der Waals surface area contributed by atoms with Crippen LogP contribution in [0.25, 0.3) is 0 Å². The van der Waals surface area contributed by atoms with Gasteiger partial charge in [-0.1, -0.05) is 26.0 Å². The lowest BCUT2D eigenvalue weighted by molar-refractivity contribution is 0.0474. The van der Waals surface area contributed by atoms with Crippen molar-refractivity contribution in [3.8, 4) is 0 Å². The highest BCUT2D eigenvalue weighted by molar-refractivity contribution is 7.89. The van der Waals surface area contributed by atoms with Crippen molar-refractivity contribution in [3.05, 3.63) is 75.2 Å². The Labute approximate surface area is 198 Å². The lowest BCUT2D eigenvalue weighted by Gasteiger charge is -2.18. The number of thiophene rings is 1. The molecule has 3 rings (SSSR count). The van der Waals surface area contributed by atoms with Crippen LogP contribution in [0, 0.1) is 13.8 Å². The molecular formula is C24H28N2O5S2. The van der Waals surface area contributed by atoms with Gasteiger partial charge < -0.3 is 9.30 Å². The Morgan fingerprint density at radius 2 is 1.79 bits per heavy atom. The number of nitrogens with zero attached hydrogens (tertiary/aromatic N) is 2. The Morgan fingerprint density at radius 1 is 1.06 bits per heavy atom.